The average molecular weight is 281 g/mol. The smallest absolute Gasteiger partial charge is 0.293 e. The molecule has 0 unspecified atom stereocenters. The Balaban J connectivity index is 2.35. The van der Waals surface area contributed by atoms with E-state index in [2.05, 4.69) is 0 Å². The first-order valence-electron chi connectivity index (χ1n) is 6.47. The zero-order chi connectivity index (χ0) is 15.4. The molecule has 0 heterocycles. The molecule has 0 aliphatic carbocycles. The number of nitro benzene ring substituents is 1. The molecule has 21 heavy (non-hydrogen) atoms. The number of rotatable bonds is 4. The molecule has 0 amide bonds. The Morgan fingerprint density at radius 2 is 2.00 bits per heavy atom. The normalized spacial score (nSPS) is 9.95. The van der Waals surface area contributed by atoms with Gasteiger partial charge >= 0.3 is 0 Å². The summed E-state index contributed by atoms with van der Waals surface area (Å²) in [6.07, 6.45) is 0. The van der Waals surface area contributed by atoms with Crippen LogP contribution in [0, 0.1) is 28.4 Å². The lowest BCUT2D eigenvalue weighted by atomic mass is 10.1. The van der Waals surface area contributed by atoms with Crippen LogP contribution in [-0.2, 0) is 6.54 Å². The summed E-state index contributed by atoms with van der Waals surface area (Å²) in [4.78, 5) is 12.6. The number of nitro groups is 1. The van der Waals surface area contributed by atoms with E-state index in [-0.39, 0.29) is 11.3 Å². The van der Waals surface area contributed by atoms with Crippen LogP contribution in [-0.4, -0.2) is 12.0 Å². The van der Waals surface area contributed by atoms with E-state index in [9.17, 15) is 10.1 Å². The van der Waals surface area contributed by atoms with E-state index in [1.54, 1.807) is 19.2 Å². The molecule has 0 saturated heterocycles. The fourth-order valence-corrected chi connectivity index (χ4v) is 2.19. The summed E-state index contributed by atoms with van der Waals surface area (Å²) in [5, 5.41) is 20.0. The third-order valence-corrected chi connectivity index (χ3v) is 3.38. The molecule has 0 aromatic heterocycles. The van der Waals surface area contributed by atoms with Crippen LogP contribution in [0.2, 0.25) is 0 Å². The Bertz CT molecular complexity index is 720. The van der Waals surface area contributed by atoms with Crippen LogP contribution in [0.4, 0.5) is 11.4 Å². The predicted molar refractivity (Wildman–Crippen MR) is 81.1 cm³/mol. The molecule has 0 bridgehead atoms. The molecule has 0 radical (unpaired) electrons. The second-order valence-electron chi connectivity index (χ2n) is 4.85. The van der Waals surface area contributed by atoms with Gasteiger partial charge in [-0.1, -0.05) is 24.3 Å². The Kier molecular flexibility index (Phi) is 4.19. The molecule has 0 aliphatic rings. The van der Waals surface area contributed by atoms with Crippen molar-refractivity contribution in [1.29, 1.82) is 5.26 Å². The lowest BCUT2D eigenvalue weighted by Gasteiger charge is -2.20. The number of aryl methyl sites for hydroxylation is 1. The number of benzene rings is 2. The van der Waals surface area contributed by atoms with Crippen LogP contribution >= 0.6 is 0 Å². The lowest BCUT2D eigenvalue weighted by Crippen LogP contribution is -2.18. The van der Waals surface area contributed by atoms with E-state index in [0.29, 0.717) is 12.2 Å². The molecule has 5 heteroatoms. The van der Waals surface area contributed by atoms with Gasteiger partial charge in [0.25, 0.3) is 5.69 Å². The number of nitriles is 1. The molecule has 5 nitrogen and oxygen atoms in total. The Morgan fingerprint density at radius 1 is 1.29 bits per heavy atom. The summed E-state index contributed by atoms with van der Waals surface area (Å²) in [5.41, 5.74) is 2.99. The molecule has 0 aliphatic heterocycles. The van der Waals surface area contributed by atoms with Gasteiger partial charge in [-0.05, 0) is 30.2 Å². The van der Waals surface area contributed by atoms with Gasteiger partial charge in [0.05, 0.1) is 16.6 Å². The van der Waals surface area contributed by atoms with Gasteiger partial charge in [-0.15, -0.1) is 0 Å². The molecule has 2 aromatic carbocycles. The Morgan fingerprint density at radius 3 is 2.62 bits per heavy atom. The first kappa shape index (κ1) is 14.5. The standard InChI is InChI=1S/C16H15N3O2/c1-12-5-3-4-6-14(12)11-18(2)15-8-7-13(10-17)9-16(15)19(20)21/h3-9H,11H2,1-2H3. The van der Waals surface area contributed by atoms with Gasteiger partial charge in [-0.25, -0.2) is 0 Å². The van der Waals surface area contributed by atoms with Gasteiger partial charge in [-0.2, -0.15) is 5.26 Å². The Labute approximate surface area is 123 Å². The third-order valence-electron chi connectivity index (χ3n) is 3.38. The molecule has 0 saturated carbocycles. The molecule has 0 spiro atoms. The molecule has 2 rings (SSSR count). The molecular formula is C16H15N3O2. The van der Waals surface area contributed by atoms with Crippen LogP contribution in [0.5, 0.6) is 0 Å². The van der Waals surface area contributed by atoms with E-state index in [0.717, 1.165) is 11.1 Å². The summed E-state index contributed by atoms with van der Waals surface area (Å²) in [7, 11) is 1.81. The molecule has 0 atom stereocenters. The highest BCUT2D eigenvalue weighted by Crippen LogP contribution is 2.29. The fraction of sp³-hybridized carbons (Fsp3) is 0.188. The van der Waals surface area contributed by atoms with E-state index in [1.165, 1.54) is 6.07 Å². The maximum atomic E-state index is 11.2. The number of hydrogen-bond donors (Lipinski definition) is 0. The van der Waals surface area contributed by atoms with Gasteiger partial charge in [0.2, 0.25) is 0 Å². The topological polar surface area (TPSA) is 70.2 Å². The first-order chi connectivity index (χ1) is 10.0. The molecule has 106 valence electrons. The predicted octanol–water partition coefficient (Wildman–Crippen LogP) is 3.41. The fourth-order valence-electron chi connectivity index (χ4n) is 2.19. The van der Waals surface area contributed by atoms with Crippen LogP contribution in [0.3, 0.4) is 0 Å². The van der Waals surface area contributed by atoms with Gasteiger partial charge in [-0.3, -0.25) is 10.1 Å². The van der Waals surface area contributed by atoms with Crippen molar-refractivity contribution >= 4 is 11.4 Å². The van der Waals surface area contributed by atoms with Crippen LogP contribution in [0.1, 0.15) is 16.7 Å². The van der Waals surface area contributed by atoms with Gasteiger partial charge < -0.3 is 4.90 Å². The van der Waals surface area contributed by atoms with E-state index in [4.69, 9.17) is 5.26 Å². The van der Waals surface area contributed by atoms with Crippen molar-refractivity contribution in [2.45, 2.75) is 13.5 Å². The molecule has 0 N–H and O–H groups in total. The summed E-state index contributed by atoms with van der Waals surface area (Å²) < 4.78 is 0. The minimum Gasteiger partial charge on any atom is -0.365 e. The monoisotopic (exact) mass is 281 g/mol. The van der Waals surface area contributed by atoms with Crippen LogP contribution in [0.15, 0.2) is 42.5 Å². The van der Waals surface area contributed by atoms with Crippen molar-refractivity contribution in [1.82, 2.24) is 0 Å². The molecular weight excluding hydrogens is 266 g/mol. The van der Waals surface area contributed by atoms with Crippen molar-refractivity contribution in [2.24, 2.45) is 0 Å². The highest BCUT2D eigenvalue weighted by molar-refractivity contribution is 5.65. The second kappa shape index (κ2) is 6.06. The third kappa shape index (κ3) is 3.18. The largest absolute Gasteiger partial charge is 0.365 e. The van der Waals surface area contributed by atoms with Crippen molar-refractivity contribution in [2.75, 3.05) is 11.9 Å². The summed E-state index contributed by atoms with van der Waals surface area (Å²) in [5.74, 6) is 0. The van der Waals surface area contributed by atoms with Gasteiger partial charge in [0.15, 0.2) is 0 Å². The van der Waals surface area contributed by atoms with Crippen molar-refractivity contribution in [3.63, 3.8) is 0 Å². The van der Waals surface area contributed by atoms with Crippen LogP contribution in [0.25, 0.3) is 0 Å². The minimum atomic E-state index is -0.454. The van der Waals surface area contributed by atoms with Crippen molar-refractivity contribution in [3.05, 3.63) is 69.3 Å². The highest BCUT2D eigenvalue weighted by atomic mass is 16.6. The molecule has 0 fully saturated rings. The quantitative estimate of drug-likeness (QED) is 0.636. The first-order valence-corrected chi connectivity index (χ1v) is 6.47. The van der Waals surface area contributed by atoms with E-state index in [1.807, 2.05) is 42.2 Å². The zero-order valence-electron chi connectivity index (χ0n) is 11.9. The lowest BCUT2D eigenvalue weighted by molar-refractivity contribution is -0.384. The SMILES string of the molecule is Cc1ccccc1CN(C)c1ccc(C#N)cc1[N+](=O)[O-]. The number of nitrogens with zero attached hydrogens (tertiary/aromatic N) is 3. The highest BCUT2D eigenvalue weighted by Gasteiger charge is 2.18. The summed E-state index contributed by atoms with van der Waals surface area (Å²) >= 11 is 0. The maximum Gasteiger partial charge on any atom is 0.293 e. The Hall–Kier alpha value is -2.87. The number of anilines is 1. The van der Waals surface area contributed by atoms with E-state index < -0.39 is 4.92 Å². The summed E-state index contributed by atoms with van der Waals surface area (Å²) in [6, 6.07) is 14.4. The van der Waals surface area contributed by atoms with Gasteiger partial charge in [0.1, 0.15) is 5.69 Å². The van der Waals surface area contributed by atoms with Crippen molar-refractivity contribution < 1.29 is 4.92 Å². The minimum absolute atomic E-state index is 0.0508. The van der Waals surface area contributed by atoms with E-state index >= 15 is 0 Å². The van der Waals surface area contributed by atoms with Crippen LogP contribution < -0.4 is 4.90 Å². The number of hydrogen-bond acceptors (Lipinski definition) is 4. The zero-order valence-corrected chi connectivity index (χ0v) is 11.9. The van der Waals surface area contributed by atoms with Gasteiger partial charge in [0, 0.05) is 19.7 Å². The average Bonchev–Trinajstić information content (AvgIpc) is 2.48. The summed E-state index contributed by atoms with van der Waals surface area (Å²) in [6.45, 7) is 2.58. The maximum absolute atomic E-state index is 11.2. The second-order valence-corrected chi connectivity index (χ2v) is 4.85. The van der Waals surface area contributed by atoms with Crippen molar-refractivity contribution in [3.8, 4) is 6.07 Å². The molecule has 2 aromatic rings.